The van der Waals surface area contributed by atoms with Crippen LogP contribution in [-0.2, 0) is 0 Å². The average Bonchev–Trinajstić information content (AvgIpc) is 3.01. The third kappa shape index (κ3) is 3.63. The number of carbonyl (C=O) groups is 1. The van der Waals surface area contributed by atoms with Crippen LogP contribution in [0.5, 0.6) is 0 Å². The number of rotatable bonds is 6. The molecule has 1 aromatic carbocycles. The molecule has 0 fully saturated rings. The van der Waals surface area contributed by atoms with Gasteiger partial charge in [0.05, 0.1) is 0 Å². The highest BCUT2D eigenvalue weighted by Crippen LogP contribution is 2.17. The summed E-state index contributed by atoms with van der Waals surface area (Å²) in [7, 11) is 0. The van der Waals surface area contributed by atoms with Crippen molar-refractivity contribution in [3.05, 3.63) is 29.8 Å². The molecule has 7 nitrogen and oxygen atoms in total. The summed E-state index contributed by atoms with van der Waals surface area (Å²) in [4.78, 5) is 14.3. The Kier molecular flexibility index (Phi) is 4.99. The van der Waals surface area contributed by atoms with E-state index in [1.807, 2.05) is 19.9 Å². The van der Waals surface area contributed by atoms with E-state index in [2.05, 4.69) is 20.6 Å². The molecule has 2 rings (SSSR count). The van der Waals surface area contributed by atoms with Gasteiger partial charge >= 0.3 is 0 Å². The maximum absolute atomic E-state index is 12.6. The quantitative estimate of drug-likeness (QED) is 0.830. The van der Waals surface area contributed by atoms with Gasteiger partial charge in [-0.2, -0.15) is 5.21 Å². The number of aromatic amines is 1. The standard InChI is InChI=1S/C14H19N5O2/c1-10(2)19(7-4-8-20)14(21)12-6-3-5-11(9-12)13-15-17-18-16-13/h3,5-6,9-10,20H,4,7-8H2,1-2H3,(H,15,16,17,18). The molecule has 112 valence electrons. The fourth-order valence-corrected chi connectivity index (χ4v) is 2.08. The monoisotopic (exact) mass is 289 g/mol. The first kappa shape index (κ1) is 15.1. The fraction of sp³-hybridized carbons (Fsp3) is 0.429. The van der Waals surface area contributed by atoms with Crippen molar-refractivity contribution in [2.24, 2.45) is 0 Å². The molecule has 1 amide bonds. The number of hydrogen-bond acceptors (Lipinski definition) is 5. The molecule has 0 saturated carbocycles. The Bertz CT molecular complexity index is 583. The lowest BCUT2D eigenvalue weighted by Crippen LogP contribution is -2.38. The molecule has 2 aromatic rings. The number of tetrazole rings is 1. The molecule has 0 radical (unpaired) electrons. The predicted octanol–water partition coefficient (Wildman–Crippen LogP) is 1.10. The average molecular weight is 289 g/mol. The van der Waals surface area contributed by atoms with Gasteiger partial charge in [-0.15, -0.1) is 10.2 Å². The SMILES string of the molecule is CC(C)N(CCCO)C(=O)c1cccc(-c2nn[nH]n2)c1. The second-order valence-corrected chi connectivity index (χ2v) is 4.99. The van der Waals surface area contributed by atoms with E-state index >= 15 is 0 Å². The van der Waals surface area contributed by atoms with Crippen molar-refractivity contribution in [3.63, 3.8) is 0 Å². The molecule has 0 aliphatic carbocycles. The van der Waals surface area contributed by atoms with Crippen LogP contribution in [0, 0.1) is 0 Å². The van der Waals surface area contributed by atoms with Gasteiger partial charge < -0.3 is 10.0 Å². The molecule has 0 bridgehead atoms. The van der Waals surface area contributed by atoms with Crippen molar-refractivity contribution in [2.75, 3.05) is 13.2 Å². The Morgan fingerprint density at radius 3 is 2.86 bits per heavy atom. The largest absolute Gasteiger partial charge is 0.396 e. The molecule has 0 aliphatic heterocycles. The Balaban J connectivity index is 2.23. The van der Waals surface area contributed by atoms with E-state index in [0.717, 1.165) is 5.56 Å². The van der Waals surface area contributed by atoms with E-state index in [9.17, 15) is 4.79 Å². The molecular formula is C14H19N5O2. The van der Waals surface area contributed by atoms with Crippen LogP contribution in [0.4, 0.5) is 0 Å². The highest BCUT2D eigenvalue weighted by atomic mass is 16.3. The van der Waals surface area contributed by atoms with E-state index in [0.29, 0.717) is 24.4 Å². The number of nitrogens with one attached hydrogen (secondary N) is 1. The zero-order valence-corrected chi connectivity index (χ0v) is 12.2. The van der Waals surface area contributed by atoms with E-state index in [1.165, 1.54) is 0 Å². The summed E-state index contributed by atoms with van der Waals surface area (Å²) in [6.45, 7) is 4.51. The lowest BCUT2D eigenvalue weighted by atomic mass is 10.1. The summed E-state index contributed by atoms with van der Waals surface area (Å²) in [5.41, 5.74) is 1.31. The smallest absolute Gasteiger partial charge is 0.254 e. The summed E-state index contributed by atoms with van der Waals surface area (Å²) in [5, 5.41) is 22.7. The topological polar surface area (TPSA) is 95.0 Å². The second-order valence-electron chi connectivity index (χ2n) is 4.99. The third-order valence-corrected chi connectivity index (χ3v) is 3.15. The van der Waals surface area contributed by atoms with Gasteiger partial charge in [0, 0.05) is 30.3 Å². The highest BCUT2D eigenvalue weighted by Gasteiger charge is 2.19. The molecule has 1 aromatic heterocycles. The zero-order valence-electron chi connectivity index (χ0n) is 12.2. The van der Waals surface area contributed by atoms with Crippen LogP contribution >= 0.6 is 0 Å². The van der Waals surface area contributed by atoms with E-state index in [4.69, 9.17) is 5.11 Å². The van der Waals surface area contributed by atoms with Gasteiger partial charge in [-0.3, -0.25) is 4.79 Å². The van der Waals surface area contributed by atoms with Gasteiger partial charge in [0.25, 0.3) is 5.91 Å². The summed E-state index contributed by atoms with van der Waals surface area (Å²) in [6.07, 6.45) is 0.564. The molecule has 2 N–H and O–H groups in total. The van der Waals surface area contributed by atoms with Gasteiger partial charge in [-0.05, 0) is 37.6 Å². The number of aromatic nitrogens is 4. The van der Waals surface area contributed by atoms with Gasteiger partial charge in [0.15, 0.2) is 0 Å². The Labute approximate surface area is 123 Å². The van der Waals surface area contributed by atoms with Crippen molar-refractivity contribution in [1.82, 2.24) is 25.5 Å². The van der Waals surface area contributed by atoms with Crippen LogP contribution in [-0.4, -0.2) is 55.7 Å². The van der Waals surface area contributed by atoms with Crippen LogP contribution in [0.1, 0.15) is 30.6 Å². The maximum atomic E-state index is 12.6. The molecule has 21 heavy (non-hydrogen) atoms. The normalized spacial score (nSPS) is 10.9. The number of aliphatic hydroxyl groups excluding tert-OH is 1. The summed E-state index contributed by atoms with van der Waals surface area (Å²) >= 11 is 0. The van der Waals surface area contributed by atoms with E-state index < -0.39 is 0 Å². The van der Waals surface area contributed by atoms with E-state index in [1.54, 1.807) is 23.1 Å². The lowest BCUT2D eigenvalue weighted by molar-refractivity contribution is 0.0693. The molecule has 0 unspecified atom stereocenters. The van der Waals surface area contributed by atoms with Crippen LogP contribution in [0.25, 0.3) is 11.4 Å². The van der Waals surface area contributed by atoms with Crippen LogP contribution in [0.2, 0.25) is 0 Å². The molecule has 1 heterocycles. The van der Waals surface area contributed by atoms with Crippen molar-refractivity contribution in [3.8, 4) is 11.4 Å². The minimum Gasteiger partial charge on any atom is -0.396 e. The van der Waals surface area contributed by atoms with Gasteiger partial charge in [-0.1, -0.05) is 12.1 Å². The van der Waals surface area contributed by atoms with Crippen LogP contribution in [0.3, 0.4) is 0 Å². The number of hydrogen-bond donors (Lipinski definition) is 2. The number of carbonyl (C=O) groups excluding carboxylic acids is 1. The maximum Gasteiger partial charge on any atom is 0.254 e. The second kappa shape index (κ2) is 6.94. The lowest BCUT2D eigenvalue weighted by Gasteiger charge is -2.26. The number of amides is 1. The Morgan fingerprint density at radius 1 is 1.43 bits per heavy atom. The summed E-state index contributed by atoms with van der Waals surface area (Å²) in [5.74, 6) is 0.389. The number of nitrogens with zero attached hydrogens (tertiary/aromatic N) is 4. The molecule has 7 heteroatoms. The van der Waals surface area contributed by atoms with Crippen LogP contribution < -0.4 is 0 Å². The molecule has 0 atom stereocenters. The Morgan fingerprint density at radius 2 is 2.24 bits per heavy atom. The Hall–Kier alpha value is -2.28. The van der Waals surface area contributed by atoms with E-state index in [-0.39, 0.29) is 18.6 Å². The summed E-state index contributed by atoms with van der Waals surface area (Å²) < 4.78 is 0. The van der Waals surface area contributed by atoms with Gasteiger partial charge in [-0.25, -0.2) is 0 Å². The minimum absolute atomic E-state index is 0.0659. The van der Waals surface area contributed by atoms with Gasteiger partial charge in [0.1, 0.15) is 0 Å². The van der Waals surface area contributed by atoms with Crippen LogP contribution in [0.15, 0.2) is 24.3 Å². The molecular weight excluding hydrogens is 270 g/mol. The van der Waals surface area contributed by atoms with Crippen molar-refractivity contribution < 1.29 is 9.90 Å². The number of benzene rings is 1. The predicted molar refractivity (Wildman–Crippen MR) is 77.5 cm³/mol. The first-order valence-corrected chi connectivity index (χ1v) is 6.89. The highest BCUT2D eigenvalue weighted by molar-refractivity contribution is 5.95. The number of H-pyrrole nitrogens is 1. The van der Waals surface area contributed by atoms with Crippen molar-refractivity contribution in [1.29, 1.82) is 0 Å². The third-order valence-electron chi connectivity index (χ3n) is 3.15. The minimum atomic E-state index is -0.0659. The van der Waals surface area contributed by atoms with Crippen molar-refractivity contribution >= 4 is 5.91 Å². The first-order valence-electron chi connectivity index (χ1n) is 6.89. The van der Waals surface area contributed by atoms with Crippen molar-refractivity contribution in [2.45, 2.75) is 26.3 Å². The van der Waals surface area contributed by atoms with Gasteiger partial charge in [0.2, 0.25) is 5.82 Å². The molecule has 0 aliphatic rings. The molecule has 0 saturated heterocycles. The summed E-state index contributed by atoms with van der Waals surface area (Å²) in [6, 6.07) is 7.21. The number of aliphatic hydroxyl groups is 1. The fourth-order valence-electron chi connectivity index (χ4n) is 2.08. The first-order chi connectivity index (χ1) is 10.1. The molecule has 0 spiro atoms. The zero-order chi connectivity index (χ0) is 15.2.